The van der Waals surface area contributed by atoms with E-state index < -0.39 is 11.6 Å². The first-order valence-corrected chi connectivity index (χ1v) is 6.27. The van der Waals surface area contributed by atoms with Gasteiger partial charge in [0.2, 0.25) is 0 Å². The standard InChI is InChI=1S/C10H11ClF2OS/c1-15-3-2-14-10-8(12)4-7(6-11)5-9(10)13/h4-5H,2-3,6H2,1H3. The van der Waals surface area contributed by atoms with Crippen molar-refractivity contribution >= 4 is 23.4 Å². The Balaban J connectivity index is 2.79. The molecule has 0 bridgehead atoms. The summed E-state index contributed by atoms with van der Waals surface area (Å²) in [5.41, 5.74) is 0.406. The van der Waals surface area contributed by atoms with Crippen LogP contribution in [0.2, 0.25) is 0 Å². The summed E-state index contributed by atoms with van der Waals surface area (Å²) in [6, 6.07) is 2.37. The largest absolute Gasteiger partial charge is 0.487 e. The average molecular weight is 253 g/mol. The zero-order chi connectivity index (χ0) is 11.3. The van der Waals surface area contributed by atoms with Gasteiger partial charge in [-0.05, 0) is 24.0 Å². The van der Waals surface area contributed by atoms with Crippen LogP contribution in [0.25, 0.3) is 0 Å². The highest BCUT2D eigenvalue weighted by atomic mass is 35.5. The van der Waals surface area contributed by atoms with Gasteiger partial charge in [0.05, 0.1) is 6.61 Å². The van der Waals surface area contributed by atoms with Gasteiger partial charge in [-0.15, -0.1) is 11.6 Å². The lowest BCUT2D eigenvalue weighted by Crippen LogP contribution is -2.04. The summed E-state index contributed by atoms with van der Waals surface area (Å²) >= 11 is 7.02. The van der Waals surface area contributed by atoms with Gasteiger partial charge in [0.1, 0.15) is 0 Å². The van der Waals surface area contributed by atoms with Gasteiger partial charge in [-0.1, -0.05) is 0 Å². The number of hydrogen-bond acceptors (Lipinski definition) is 2. The predicted octanol–water partition coefficient (Wildman–Crippen LogP) is 3.45. The first-order chi connectivity index (χ1) is 7.19. The van der Waals surface area contributed by atoms with Crippen molar-refractivity contribution in [1.82, 2.24) is 0 Å². The van der Waals surface area contributed by atoms with E-state index in [0.29, 0.717) is 11.3 Å². The van der Waals surface area contributed by atoms with Crippen LogP contribution in [0.15, 0.2) is 12.1 Å². The normalized spacial score (nSPS) is 10.4. The summed E-state index contributed by atoms with van der Waals surface area (Å²) in [5.74, 6) is -0.953. The Morgan fingerprint density at radius 2 is 1.93 bits per heavy atom. The van der Waals surface area contributed by atoms with E-state index in [0.717, 1.165) is 0 Å². The van der Waals surface area contributed by atoms with E-state index in [1.807, 2.05) is 6.26 Å². The Morgan fingerprint density at radius 1 is 1.33 bits per heavy atom. The fourth-order valence-corrected chi connectivity index (χ4v) is 1.46. The van der Waals surface area contributed by atoms with Crippen molar-refractivity contribution in [2.45, 2.75) is 5.88 Å². The topological polar surface area (TPSA) is 9.23 Å². The highest BCUT2D eigenvalue weighted by Crippen LogP contribution is 2.24. The number of benzene rings is 1. The highest BCUT2D eigenvalue weighted by molar-refractivity contribution is 7.98. The first kappa shape index (κ1) is 12.6. The molecule has 0 heterocycles. The summed E-state index contributed by atoms with van der Waals surface area (Å²) in [4.78, 5) is 0. The molecule has 0 aromatic heterocycles. The smallest absolute Gasteiger partial charge is 0.190 e. The number of ether oxygens (including phenoxy) is 1. The minimum Gasteiger partial charge on any atom is -0.487 e. The predicted molar refractivity (Wildman–Crippen MR) is 59.8 cm³/mol. The van der Waals surface area contributed by atoms with Crippen LogP contribution < -0.4 is 4.74 Å². The molecular weight excluding hydrogens is 242 g/mol. The van der Waals surface area contributed by atoms with Gasteiger partial charge in [0.15, 0.2) is 17.4 Å². The molecule has 0 spiro atoms. The maximum absolute atomic E-state index is 13.3. The molecule has 0 aliphatic heterocycles. The summed E-state index contributed by atoms with van der Waals surface area (Å²) in [5, 5.41) is 0. The minimum absolute atomic E-state index is 0.0823. The fraction of sp³-hybridized carbons (Fsp3) is 0.400. The van der Waals surface area contributed by atoms with Gasteiger partial charge in [0.25, 0.3) is 0 Å². The van der Waals surface area contributed by atoms with Gasteiger partial charge in [0, 0.05) is 11.6 Å². The van der Waals surface area contributed by atoms with Gasteiger partial charge < -0.3 is 4.74 Å². The Labute approximate surface area is 96.8 Å². The lowest BCUT2D eigenvalue weighted by atomic mass is 10.2. The molecule has 84 valence electrons. The van der Waals surface area contributed by atoms with Crippen LogP contribution in [-0.4, -0.2) is 18.6 Å². The maximum atomic E-state index is 13.3. The second-order valence-corrected chi connectivity index (χ2v) is 4.12. The second kappa shape index (κ2) is 6.18. The van der Waals surface area contributed by atoms with Crippen molar-refractivity contribution in [1.29, 1.82) is 0 Å². The fourth-order valence-electron chi connectivity index (χ4n) is 1.05. The number of thioether (sulfide) groups is 1. The average Bonchev–Trinajstić information content (AvgIpc) is 2.22. The lowest BCUT2D eigenvalue weighted by molar-refractivity contribution is 0.305. The Bertz CT molecular complexity index is 310. The zero-order valence-electron chi connectivity index (χ0n) is 8.23. The van der Waals surface area contributed by atoms with Gasteiger partial charge in [-0.2, -0.15) is 11.8 Å². The van der Waals surface area contributed by atoms with E-state index in [1.165, 1.54) is 12.1 Å². The van der Waals surface area contributed by atoms with Crippen molar-refractivity contribution in [2.75, 3.05) is 18.6 Å². The van der Waals surface area contributed by atoms with E-state index >= 15 is 0 Å². The van der Waals surface area contributed by atoms with E-state index in [4.69, 9.17) is 16.3 Å². The molecule has 5 heteroatoms. The molecular formula is C10H11ClF2OS. The lowest BCUT2D eigenvalue weighted by Gasteiger charge is -2.08. The Kier molecular flexibility index (Phi) is 5.19. The molecule has 0 aliphatic carbocycles. The maximum Gasteiger partial charge on any atom is 0.190 e. The molecule has 0 radical (unpaired) electrons. The molecule has 0 atom stereocenters. The summed E-state index contributed by atoms with van der Waals surface area (Å²) < 4.78 is 31.6. The van der Waals surface area contributed by atoms with Crippen LogP contribution in [0.5, 0.6) is 5.75 Å². The van der Waals surface area contributed by atoms with E-state index in [1.54, 1.807) is 11.8 Å². The van der Waals surface area contributed by atoms with Gasteiger partial charge in [-0.3, -0.25) is 0 Å². The minimum atomic E-state index is -0.702. The third-order valence-electron chi connectivity index (χ3n) is 1.75. The number of halogens is 3. The third-order valence-corrected chi connectivity index (χ3v) is 2.63. The van der Waals surface area contributed by atoms with E-state index in [9.17, 15) is 8.78 Å². The molecule has 0 amide bonds. The monoisotopic (exact) mass is 252 g/mol. The molecule has 0 saturated carbocycles. The zero-order valence-corrected chi connectivity index (χ0v) is 9.80. The molecule has 1 rings (SSSR count). The van der Waals surface area contributed by atoms with Crippen LogP contribution in [0.3, 0.4) is 0 Å². The first-order valence-electron chi connectivity index (χ1n) is 4.34. The molecule has 1 aromatic rings. The van der Waals surface area contributed by atoms with Crippen molar-refractivity contribution in [3.8, 4) is 5.75 Å². The van der Waals surface area contributed by atoms with Gasteiger partial charge in [-0.25, -0.2) is 8.78 Å². The van der Waals surface area contributed by atoms with E-state index in [-0.39, 0.29) is 18.2 Å². The molecule has 0 saturated heterocycles. The number of rotatable bonds is 5. The second-order valence-electron chi connectivity index (χ2n) is 2.86. The Hall–Kier alpha value is -0.480. The molecule has 0 aliphatic rings. The number of hydrogen-bond donors (Lipinski definition) is 0. The van der Waals surface area contributed by atoms with Gasteiger partial charge >= 0.3 is 0 Å². The Morgan fingerprint density at radius 3 is 2.40 bits per heavy atom. The SMILES string of the molecule is CSCCOc1c(F)cc(CCl)cc1F. The van der Waals surface area contributed by atoms with Crippen LogP contribution in [0.1, 0.15) is 5.56 Å². The summed E-state index contributed by atoms with van der Waals surface area (Å²) in [6.45, 7) is 0.287. The van der Waals surface area contributed by atoms with Crippen LogP contribution in [0, 0.1) is 11.6 Å². The number of alkyl halides is 1. The quantitative estimate of drug-likeness (QED) is 0.586. The van der Waals surface area contributed by atoms with Crippen LogP contribution in [0.4, 0.5) is 8.78 Å². The molecule has 0 unspecified atom stereocenters. The molecule has 15 heavy (non-hydrogen) atoms. The molecule has 0 fully saturated rings. The van der Waals surface area contributed by atoms with Crippen molar-refractivity contribution in [3.63, 3.8) is 0 Å². The third kappa shape index (κ3) is 3.54. The summed E-state index contributed by atoms with van der Waals surface area (Å²) in [6.07, 6.45) is 1.90. The highest BCUT2D eigenvalue weighted by Gasteiger charge is 2.11. The van der Waals surface area contributed by atoms with Crippen molar-refractivity contribution < 1.29 is 13.5 Å². The summed E-state index contributed by atoms with van der Waals surface area (Å²) in [7, 11) is 0. The molecule has 0 N–H and O–H groups in total. The molecule has 1 nitrogen and oxygen atoms in total. The molecule has 1 aromatic carbocycles. The van der Waals surface area contributed by atoms with Crippen molar-refractivity contribution in [3.05, 3.63) is 29.3 Å². The van der Waals surface area contributed by atoms with Crippen molar-refractivity contribution in [2.24, 2.45) is 0 Å². The van der Waals surface area contributed by atoms with Crippen LogP contribution in [-0.2, 0) is 5.88 Å². The van der Waals surface area contributed by atoms with Crippen LogP contribution >= 0.6 is 23.4 Å². The van der Waals surface area contributed by atoms with E-state index in [2.05, 4.69) is 0 Å².